The molecule has 8 heteroatoms. The van der Waals surface area contributed by atoms with Gasteiger partial charge in [0.15, 0.2) is 0 Å². The minimum absolute atomic E-state index is 0.269. The molecule has 1 saturated heterocycles. The first-order valence-corrected chi connectivity index (χ1v) is 10.8. The van der Waals surface area contributed by atoms with E-state index in [0.717, 1.165) is 25.9 Å². The lowest BCUT2D eigenvalue weighted by Crippen LogP contribution is -2.47. The van der Waals surface area contributed by atoms with Crippen LogP contribution in [0.2, 0.25) is 0 Å². The van der Waals surface area contributed by atoms with Gasteiger partial charge in [-0.2, -0.15) is 5.26 Å². The van der Waals surface area contributed by atoms with Crippen LogP contribution in [0.1, 0.15) is 59.8 Å². The van der Waals surface area contributed by atoms with Gasteiger partial charge in [-0.05, 0) is 31.6 Å². The van der Waals surface area contributed by atoms with Crippen LogP contribution in [0.3, 0.4) is 0 Å². The molecular weight excluding hydrogens is 361 g/mol. The van der Waals surface area contributed by atoms with E-state index < -0.39 is 21.1 Å². The first-order valence-electron chi connectivity index (χ1n) is 9.63. The number of nitriles is 1. The van der Waals surface area contributed by atoms with Gasteiger partial charge in [-0.1, -0.05) is 27.7 Å². The van der Waals surface area contributed by atoms with Crippen molar-refractivity contribution in [3.05, 3.63) is 0 Å². The number of alkyl halides is 2. The Morgan fingerprint density at radius 3 is 2.42 bits per heavy atom. The average molecular weight is 394 g/mol. The van der Waals surface area contributed by atoms with Crippen LogP contribution in [-0.4, -0.2) is 49.1 Å². The molecule has 0 spiro atoms. The molecule has 5 atom stereocenters. The maximum atomic E-state index is 13.2. The summed E-state index contributed by atoms with van der Waals surface area (Å²) in [5, 5.41) is 8.77. The zero-order valence-corrected chi connectivity index (χ0v) is 17.3. The van der Waals surface area contributed by atoms with Crippen LogP contribution < -0.4 is 0 Å². The molecule has 1 fully saturated rings. The topological polar surface area (TPSA) is 54.7 Å². The lowest BCUT2D eigenvalue weighted by atomic mass is 9.90. The summed E-state index contributed by atoms with van der Waals surface area (Å²) in [5.74, 6) is -0.274. The second kappa shape index (κ2) is 12.9. The molecule has 0 N–H and O–H groups in total. The van der Waals surface area contributed by atoms with E-state index in [4.69, 9.17) is 19.0 Å². The maximum absolute atomic E-state index is 13.2. The molecule has 152 valence electrons. The third-order valence-corrected chi connectivity index (χ3v) is 6.11. The Hall–Kier alpha value is -0.380. The molecule has 0 aliphatic carbocycles. The van der Waals surface area contributed by atoms with Crippen LogP contribution in [0.4, 0.5) is 8.78 Å². The van der Waals surface area contributed by atoms with Crippen molar-refractivity contribution in [3.63, 3.8) is 0 Å². The van der Waals surface area contributed by atoms with Crippen LogP contribution in [-0.2, 0) is 13.8 Å². The molecule has 0 aromatic carbocycles. The van der Waals surface area contributed by atoms with Crippen LogP contribution >= 0.6 is 8.53 Å². The lowest BCUT2D eigenvalue weighted by molar-refractivity contribution is -0.179. The van der Waals surface area contributed by atoms with Gasteiger partial charge in [-0.3, -0.25) is 0 Å². The quantitative estimate of drug-likeness (QED) is 0.340. The van der Waals surface area contributed by atoms with Gasteiger partial charge < -0.3 is 13.8 Å². The molecular formula is C18H33F2N2O3P. The van der Waals surface area contributed by atoms with Gasteiger partial charge in [0.25, 0.3) is 15.0 Å². The summed E-state index contributed by atoms with van der Waals surface area (Å²) < 4.78 is 46.4. The zero-order valence-electron chi connectivity index (χ0n) is 16.4. The second-order valence-electron chi connectivity index (χ2n) is 6.67. The minimum Gasteiger partial charge on any atom is -0.366 e. The third kappa shape index (κ3) is 7.32. The number of rotatable bonds is 12. The zero-order chi connectivity index (χ0) is 19.5. The molecule has 0 radical (unpaired) electrons. The summed E-state index contributed by atoms with van der Waals surface area (Å²) >= 11 is 0. The molecule has 0 aromatic rings. The smallest absolute Gasteiger partial charge is 0.264 e. The van der Waals surface area contributed by atoms with E-state index in [1.54, 1.807) is 6.92 Å². The fourth-order valence-corrected chi connectivity index (χ4v) is 4.89. The number of ether oxygens (including phenoxy) is 1. The van der Waals surface area contributed by atoms with Crippen molar-refractivity contribution in [3.8, 4) is 6.07 Å². The van der Waals surface area contributed by atoms with Gasteiger partial charge in [-0.15, -0.1) is 0 Å². The summed E-state index contributed by atoms with van der Waals surface area (Å²) in [5.41, 5.74) is 0. The summed E-state index contributed by atoms with van der Waals surface area (Å²) in [4.78, 5) is 0. The number of hydrogen-bond donors (Lipinski definition) is 0. The number of halogens is 2. The fourth-order valence-electron chi connectivity index (χ4n) is 3.11. The van der Waals surface area contributed by atoms with Crippen molar-refractivity contribution in [1.29, 1.82) is 5.26 Å². The van der Waals surface area contributed by atoms with Crippen LogP contribution in [0, 0.1) is 17.2 Å². The summed E-state index contributed by atoms with van der Waals surface area (Å²) in [6.45, 7) is 9.89. The first-order chi connectivity index (χ1) is 12.5. The Bertz CT molecular complexity index is 420. The summed E-state index contributed by atoms with van der Waals surface area (Å²) in [6.07, 6.45) is -0.773. The molecule has 0 bridgehead atoms. The van der Waals surface area contributed by atoms with E-state index in [-0.39, 0.29) is 18.1 Å². The second-order valence-corrected chi connectivity index (χ2v) is 8.18. The molecule has 0 aromatic heterocycles. The Balaban J connectivity index is 2.84. The Kier molecular flexibility index (Phi) is 11.7. The highest BCUT2D eigenvalue weighted by Crippen LogP contribution is 2.47. The van der Waals surface area contributed by atoms with Crippen LogP contribution in [0.25, 0.3) is 0 Å². The predicted octanol–water partition coefficient (Wildman–Crippen LogP) is 5.12. The first kappa shape index (κ1) is 23.7. The van der Waals surface area contributed by atoms with Crippen molar-refractivity contribution >= 4 is 8.53 Å². The van der Waals surface area contributed by atoms with Gasteiger partial charge in [0.05, 0.1) is 31.3 Å². The highest BCUT2D eigenvalue weighted by atomic mass is 31.2. The molecule has 0 amide bonds. The third-order valence-electron chi connectivity index (χ3n) is 4.40. The number of hydrogen-bond acceptors (Lipinski definition) is 5. The van der Waals surface area contributed by atoms with Crippen LogP contribution in [0.15, 0.2) is 0 Å². The highest BCUT2D eigenvalue weighted by molar-refractivity contribution is 7.44. The van der Waals surface area contributed by atoms with Gasteiger partial charge in [0.2, 0.25) is 0 Å². The summed E-state index contributed by atoms with van der Waals surface area (Å²) in [7, 11) is -1.34. The Morgan fingerprint density at radius 1 is 1.27 bits per heavy atom. The predicted molar refractivity (Wildman–Crippen MR) is 98.9 cm³/mol. The van der Waals surface area contributed by atoms with Crippen molar-refractivity contribution < 1.29 is 22.6 Å². The van der Waals surface area contributed by atoms with E-state index >= 15 is 0 Å². The van der Waals surface area contributed by atoms with Gasteiger partial charge in [0, 0.05) is 13.1 Å². The van der Waals surface area contributed by atoms with E-state index in [0.29, 0.717) is 25.9 Å². The maximum Gasteiger partial charge on any atom is 0.264 e. The average Bonchev–Trinajstić information content (AvgIpc) is 2.60. The van der Waals surface area contributed by atoms with E-state index in [1.165, 1.54) is 0 Å². The van der Waals surface area contributed by atoms with Crippen molar-refractivity contribution in [1.82, 2.24) is 4.67 Å². The minimum atomic E-state index is -2.48. The monoisotopic (exact) mass is 394 g/mol. The molecule has 1 heterocycles. The molecule has 26 heavy (non-hydrogen) atoms. The molecule has 5 nitrogen and oxygen atoms in total. The van der Waals surface area contributed by atoms with E-state index in [9.17, 15) is 8.78 Å². The van der Waals surface area contributed by atoms with Gasteiger partial charge >= 0.3 is 0 Å². The molecule has 1 aliphatic rings. The van der Waals surface area contributed by atoms with E-state index in [2.05, 4.69) is 24.6 Å². The standard InChI is InChI=1S/C18H33F2N2O3P/c1-5-10-22(11-6-2)26(23-12-8-9-21)25-16-13-14(4)17(18(19)20)24-15(16)7-3/h14-18H,5-8,10-13H2,1-4H3/t14-,15+,16-,17?,26?/m0/s1. The SMILES string of the molecule is CCCN(CCC)P(OCCC#N)O[C@H]1C[C@H](C)C(C(F)F)O[C@@H]1CC. The molecule has 0 saturated carbocycles. The number of nitrogens with zero attached hydrogens (tertiary/aromatic N) is 2. The van der Waals surface area contributed by atoms with Gasteiger partial charge in [0.1, 0.15) is 6.10 Å². The van der Waals surface area contributed by atoms with Crippen molar-refractivity contribution in [2.24, 2.45) is 5.92 Å². The Labute approximate surface area is 157 Å². The fraction of sp³-hybridized carbons (Fsp3) is 0.944. The van der Waals surface area contributed by atoms with Crippen LogP contribution in [0.5, 0.6) is 0 Å². The van der Waals surface area contributed by atoms with E-state index in [1.807, 2.05) is 6.92 Å². The van der Waals surface area contributed by atoms with Gasteiger partial charge in [-0.25, -0.2) is 13.5 Å². The van der Waals surface area contributed by atoms with Crippen molar-refractivity contribution in [2.75, 3.05) is 19.7 Å². The van der Waals surface area contributed by atoms with Crippen molar-refractivity contribution in [2.45, 2.75) is 84.5 Å². The normalized spacial score (nSPS) is 27.7. The highest BCUT2D eigenvalue weighted by Gasteiger charge is 2.41. The summed E-state index contributed by atoms with van der Waals surface area (Å²) in [6, 6.07) is 2.08. The Morgan fingerprint density at radius 2 is 1.92 bits per heavy atom. The molecule has 1 aliphatic heterocycles. The molecule has 1 rings (SSSR count). The largest absolute Gasteiger partial charge is 0.366 e. The lowest BCUT2D eigenvalue weighted by Gasteiger charge is -2.41. The molecule has 2 unspecified atom stereocenters.